The number of amides is 2. The van der Waals surface area contributed by atoms with Crippen LogP contribution < -0.4 is 0 Å². The number of fused-ring (bicyclic) bond motifs is 1. The fourth-order valence-corrected chi connectivity index (χ4v) is 4.92. The van der Waals surface area contributed by atoms with Crippen molar-refractivity contribution in [2.24, 2.45) is 5.92 Å². The number of aryl methyl sites for hydroxylation is 3. The van der Waals surface area contributed by atoms with Crippen molar-refractivity contribution in [1.29, 1.82) is 0 Å². The van der Waals surface area contributed by atoms with E-state index in [4.69, 9.17) is 0 Å². The average Bonchev–Trinajstić information content (AvgIpc) is 3.55. The predicted octanol–water partition coefficient (Wildman–Crippen LogP) is 0.956. The molecule has 5 heterocycles. The normalized spacial score (nSPS) is 22.4. The van der Waals surface area contributed by atoms with E-state index in [9.17, 15) is 9.59 Å². The number of H-pyrrole nitrogens is 1. The molecule has 0 saturated carbocycles. The fraction of sp³-hybridized carbons (Fsp3) is 0.455. The minimum Gasteiger partial charge on any atom is -0.341 e. The van der Waals surface area contributed by atoms with Crippen LogP contribution in [0.4, 0.5) is 0 Å². The van der Waals surface area contributed by atoms with Gasteiger partial charge < -0.3 is 9.80 Å². The van der Waals surface area contributed by atoms with E-state index >= 15 is 0 Å². The van der Waals surface area contributed by atoms with Gasteiger partial charge in [0.2, 0.25) is 5.91 Å². The summed E-state index contributed by atoms with van der Waals surface area (Å²) in [5, 5.41) is 11.6. The van der Waals surface area contributed by atoms with E-state index in [0.717, 1.165) is 11.4 Å². The van der Waals surface area contributed by atoms with Crippen molar-refractivity contribution in [3.8, 4) is 0 Å². The molecule has 0 aromatic carbocycles. The molecule has 2 saturated heterocycles. The topological polar surface area (TPSA) is 113 Å². The first kappa shape index (κ1) is 20.3. The van der Waals surface area contributed by atoms with Crippen molar-refractivity contribution in [3.63, 3.8) is 0 Å². The Labute approximate surface area is 185 Å². The molecule has 166 valence electrons. The maximum absolute atomic E-state index is 13.1. The molecule has 0 aliphatic carbocycles. The second kappa shape index (κ2) is 7.85. The molecule has 0 unspecified atom stereocenters. The highest BCUT2D eigenvalue weighted by atomic mass is 16.2. The molecule has 10 heteroatoms. The molecule has 3 aromatic heterocycles. The third kappa shape index (κ3) is 3.55. The van der Waals surface area contributed by atoms with Crippen molar-refractivity contribution >= 4 is 11.8 Å². The van der Waals surface area contributed by atoms with Crippen molar-refractivity contribution in [3.05, 3.63) is 59.7 Å². The second-order valence-corrected chi connectivity index (χ2v) is 8.83. The zero-order chi connectivity index (χ0) is 22.3. The van der Waals surface area contributed by atoms with Gasteiger partial charge in [0.15, 0.2) is 5.82 Å². The molecule has 10 nitrogen and oxygen atoms in total. The van der Waals surface area contributed by atoms with Gasteiger partial charge in [-0.1, -0.05) is 0 Å². The maximum Gasteiger partial charge on any atom is 0.255 e. The van der Waals surface area contributed by atoms with Crippen LogP contribution in [-0.2, 0) is 16.8 Å². The van der Waals surface area contributed by atoms with E-state index in [-0.39, 0.29) is 17.7 Å². The summed E-state index contributed by atoms with van der Waals surface area (Å²) in [6.07, 6.45) is 7.36. The lowest BCUT2D eigenvalue weighted by molar-refractivity contribution is -0.130. The van der Waals surface area contributed by atoms with Crippen LogP contribution >= 0.6 is 0 Å². The van der Waals surface area contributed by atoms with Crippen molar-refractivity contribution in [2.45, 2.75) is 32.2 Å². The minimum absolute atomic E-state index is 0.0499. The second-order valence-electron chi connectivity index (χ2n) is 8.83. The highest BCUT2D eigenvalue weighted by molar-refractivity contribution is 5.94. The number of pyridine rings is 1. The summed E-state index contributed by atoms with van der Waals surface area (Å²) in [4.78, 5) is 38.5. The van der Waals surface area contributed by atoms with Crippen molar-refractivity contribution in [2.75, 3.05) is 26.2 Å². The quantitative estimate of drug-likeness (QED) is 0.640. The maximum atomic E-state index is 13.1. The lowest BCUT2D eigenvalue weighted by Gasteiger charge is -2.27. The van der Waals surface area contributed by atoms with Crippen LogP contribution in [0.5, 0.6) is 0 Å². The molecule has 2 amide bonds. The van der Waals surface area contributed by atoms with Crippen LogP contribution in [0.15, 0.2) is 36.9 Å². The Morgan fingerprint density at radius 1 is 1.19 bits per heavy atom. The molecule has 3 aromatic rings. The average molecular weight is 435 g/mol. The number of nitrogens with one attached hydrogen (secondary N) is 1. The Morgan fingerprint density at radius 2 is 2.00 bits per heavy atom. The third-order valence-electron chi connectivity index (χ3n) is 6.52. The van der Waals surface area contributed by atoms with Gasteiger partial charge in [-0.25, -0.2) is 4.98 Å². The summed E-state index contributed by atoms with van der Waals surface area (Å²) < 4.78 is 1.80. The van der Waals surface area contributed by atoms with Crippen LogP contribution in [0.25, 0.3) is 0 Å². The third-order valence-corrected chi connectivity index (χ3v) is 6.52. The largest absolute Gasteiger partial charge is 0.341 e. The van der Waals surface area contributed by atoms with Gasteiger partial charge >= 0.3 is 0 Å². The van der Waals surface area contributed by atoms with Crippen LogP contribution in [0.2, 0.25) is 0 Å². The monoisotopic (exact) mass is 434 g/mol. The zero-order valence-corrected chi connectivity index (χ0v) is 18.2. The van der Waals surface area contributed by atoms with E-state index in [1.165, 1.54) is 0 Å². The van der Waals surface area contributed by atoms with Gasteiger partial charge in [-0.05, 0) is 31.5 Å². The molecule has 0 radical (unpaired) electrons. The Hall–Kier alpha value is -3.56. The number of rotatable bonds is 5. The number of aromatic nitrogens is 6. The van der Waals surface area contributed by atoms with E-state index in [1.807, 2.05) is 29.8 Å². The molecular weight excluding hydrogens is 408 g/mol. The van der Waals surface area contributed by atoms with Crippen LogP contribution in [-0.4, -0.2) is 77.7 Å². The SMILES string of the molecule is Cc1cnn(CCC(=O)N2C[C@@H]3CN(C(=O)c4cccnc4)C[C@]3(c3n[nH]c(C)n3)C2)c1. The summed E-state index contributed by atoms with van der Waals surface area (Å²) in [5.74, 6) is 1.52. The van der Waals surface area contributed by atoms with Gasteiger partial charge in [0.1, 0.15) is 5.82 Å². The molecule has 0 bridgehead atoms. The Morgan fingerprint density at radius 3 is 2.69 bits per heavy atom. The molecule has 2 atom stereocenters. The first-order valence-corrected chi connectivity index (χ1v) is 10.8. The van der Waals surface area contributed by atoms with Crippen molar-refractivity contribution in [1.82, 2.24) is 39.7 Å². The summed E-state index contributed by atoms with van der Waals surface area (Å²) in [5.41, 5.74) is 1.17. The minimum atomic E-state index is -0.472. The molecule has 2 aliphatic rings. The lowest BCUT2D eigenvalue weighted by Crippen LogP contribution is -2.42. The Balaban J connectivity index is 1.34. The van der Waals surface area contributed by atoms with Gasteiger partial charge in [-0.2, -0.15) is 10.2 Å². The van der Waals surface area contributed by atoms with Gasteiger partial charge in [0.05, 0.1) is 17.2 Å². The molecule has 2 fully saturated rings. The van der Waals surface area contributed by atoms with E-state index in [0.29, 0.717) is 50.5 Å². The Bertz CT molecular complexity index is 1140. The summed E-state index contributed by atoms with van der Waals surface area (Å²) in [7, 11) is 0. The molecule has 5 rings (SSSR count). The summed E-state index contributed by atoms with van der Waals surface area (Å²) >= 11 is 0. The molecule has 0 spiro atoms. The van der Waals surface area contributed by atoms with Gasteiger partial charge in [-0.3, -0.25) is 24.4 Å². The molecule has 32 heavy (non-hydrogen) atoms. The van der Waals surface area contributed by atoms with E-state index < -0.39 is 5.41 Å². The number of carbonyl (C=O) groups excluding carboxylic acids is 2. The van der Waals surface area contributed by atoms with Crippen molar-refractivity contribution < 1.29 is 9.59 Å². The van der Waals surface area contributed by atoms with Gasteiger partial charge in [-0.15, -0.1) is 0 Å². The van der Waals surface area contributed by atoms with Gasteiger partial charge in [0, 0.05) is 63.7 Å². The lowest BCUT2D eigenvalue weighted by atomic mass is 9.80. The van der Waals surface area contributed by atoms with Crippen LogP contribution in [0.1, 0.15) is 34.0 Å². The van der Waals surface area contributed by atoms with Gasteiger partial charge in [0.25, 0.3) is 5.91 Å². The summed E-state index contributed by atoms with van der Waals surface area (Å²) in [6.45, 7) is 6.51. The standard InChI is InChI=1S/C22H26N8O2/c1-15-8-24-30(10-15)7-5-19(31)28-11-18-12-29(20(32)17-4-3-6-23-9-17)14-22(18,13-28)21-25-16(2)26-27-21/h3-4,6,8-10,18H,5,7,11-14H2,1-2H3,(H,25,26,27)/t18-,22-/m1/s1. The smallest absolute Gasteiger partial charge is 0.255 e. The molecule has 2 aliphatic heterocycles. The number of nitrogens with zero attached hydrogens (tertiary/aromatic N) is 7. The number of likely N-dealkylation sites (tertiary alicyclic amines) is 2. The molecule has 1 N–H and O–H groups in total. The van der Waals surface area contributed by atoms with Crippen LogP contribution in [0, 0.1) is 19.8 Å². The number of hydrogen-bond donors (Lipinski definition) is 1. The summed E-state index contributed by atoms with van der Waals surface area (Å²) in [6, 6.07) is 3.54. The highest BCUT2D eigenvalue weighted by Crippen LogP contribution is 2.44. The number of aromatic amines is 1. The molecular formula is C22H26N8O2. The Kier molecular flexibility index (Phi) is 4.99. The first-order chi connectivity index (χ1) is 15.4. The number of carbonyl (C=O) groups is 2. The highest BCUT2D eigenvalue weighted by Gasteiger charge is 2.57. The number of hydrogen-bond acceptors (Lipinski definition) is 6. The van der Waals surface area contributed by atoms with Crippen LogP contribution in [0.3, 0.4) is 0 Å². The van der Waals surface area contributed by atoms with E-state index in [1.54, 1.807) is 35.4 Å². The fourth-order valence-electron chi connectivity index (χ4n) is 4.92. The predicted molar refractivity (Wildman–Crippen MR) is 115 cm³/mol. The first-order valence-electron chi connectivity index (χ1n) is 10.8. The zero-order valence-electron chi connectivity index (χ0n) is 18.2. The van der Waals surface area contributed by atoms with E-state index in [2.05, 4.69) is 25.3 Å².